The van der Waals surface area contributed by atoms with E-state index in [2.05, 4.69) is 0 Å². The molecule has 1 N–H and O–H groups in total. The highest BCUT2D eigenvalue weighted by molar-refractivity contribution is 6.25. The lowest BCUT2D eigenvalue weighted by atomic mass is 9.81. The summed E-state index contributed by atoms with van der Waals surface area (Å²) >= 11 is 0. The fourth-order valence-electron chi connectivity index (χ4n) is 4.32. The number of rotatable bonds is 6. The fourth-order valence-corrected chi connectivity index (χ4v) is 4.32. The molecule has 2 amide bonds. The minimum atomic E-state index is -1.75. The van der Waals surface area contributed by atoms with Gasteiger partial charge in [0.2, 0.25) is 5.78 Å². The molecule has 2 aliphatic heterocycles. The fraction of sp³-hybridized carbons (Fsp3) is 0.318. The molecule has 1 aromatic carbocycles. The van der Waals surface area contributed by atoms with Crippen molar-refractivity contribution in [3.8, 4) is 0 Å². The predicted octanol–water partition coefficient (Wildman–Crippen LogP) is 2.33. The Morgan fingerprint density at radius 3 is 2.60 bits per heavy atom. The summed E-state index contributed by atoms with van der Waals surface area (Å²) in [6, 6.07) is 10.0. The number of ether oxygens (including phenoxy) is 1. The second kappa shape index (κ2) is 7.14. The van der Waals surface area contributed by atoms with Crippen molar-refractivity contribution in [2.24, 2.45) is 0 Å². The molecule has 0 aliphatic carbocycles. The standard InChI is InChI=1S/C22H22N2O6/c1-13-9-10-16(30-13)18(25)17-19(26)20(27)24(11-6-12-29-3)22(17)14-7-4-5-8-15(14)23(2)21(22)28/h4-5,7-10,26H,6,11-12H2,1-3H3. The van der Waals surface area contributed by atoms with Crippen LogP contribution in [-0.4, -0.2) is 54.9 Å². The first kappa shape index (κ1) is 19.9. The highest BCUT2D eigenvalue weighted by atomic mass is 16.5. The molecule has 1 unspecified atom stereocenters. The van der Waals surface area contributed by atoms with E-state index in [1.54, 1.807) is 44.3 Å². The van der Waals surface area contributed by atoms with Gasteiger partial charge in [-0.15, -0.1) is 0 Å². The first-order valence-corrected chi connectivity index (χ1v) is 9.59. The SMILES string of the molecule is COCCCN1C(=O)C(O)=C(C(=O)c2ccc(C)o2)C12C(=O)N(C)c1ccccc12. The number of hydrogen-bond donors (Lipinski definition) is 1. The average Bonchev–Trinajstić information content (AvgIpc) is 3.34. The Morgan fingerprint density at radius 2 is 1.93 bits per heavy atom. The van der Waals surface area contributed by atoms with E-state index < -0.39 is 28.9 Å². The minimum Gasteiger partial charge on any atom is -0.503 e. The molecule has 3 heterocycles. The first-order chi connectivity index (χ1) is 14.4. The number of aliphatic hydroxyl groups excluding tert-OH is 1. The number of carbonyl (C=O) groups is 3. The van der Waals surface area contributed by atoms with E-state index in [1.165, 1.54) is 23.0 Å². The van der Waals surface area contributed by atoms with Crippen LogP contribution in [0.5, 0.6) is 0 Å². The van der Waals surface area contributed by atoms with Crippen molar-refractivity contribution < 1.29 is 28.6 Å². The molecular weight excluding hydrogens is 388 g/mol. The van der Waals surface area contributed by atoms with E-state index in [-0.39, 0.29) is 17.9 Å². The smallest absolute Gasteiger partial charge is 0.290 e. The lowest BCUT2D eigenvalue weighted by Gasteiger charge is -2.35. The van der Waals surface area contributed by atoms with Gasteiger partial charge in [0.25, 0.3) is 11.8 Å². The largest absolute Gasteiger partial charge is 0.503 e. The van der Waals surface area contributed by atoms with E-state index in [0.29, 0.717) is 30.0 Å². The van der Waals surface area contributed by atoms with Crippen molar-refractivity contribution >= 4 is 23.3 Å². The van der Waals surface area contributed by atoms with E-state index in [9.17, 15) is 19.5 Å². The molecule has 4 rings (SSSR count). The number of amides is 2. The Kier molecular flexibility index (Phi) is 4.74. The molecule has 2 aliphatic rings. The predicted molar refractivity (Wildman–Crippen MR) is 107 cm³/mol. The highest BCUT2D eigenvalue weighted by Gasteiger charge is 2.65. The highest BCUT2D eigenvalue weighted by Crippen LogP contribution is 2.53. The molecule has 2 aromatic rings. The monoisotopic (exact) mass is 410 g/mol. The van der Waals surface area contributed by atoms with Crippen LogP contribution in [-0.2, 0) is 19.9 Å². The number of furan rings is 1. The third-order valence-corrected chi connectivity index (χ3v) is 5.64. The number of hydrogen-bond acceptors (Lipinski definition) is 6. The van der Waals surface area contributed by atoms with Gasteiger partial charge < -0.3 is 24.1 Å². The van der Waals surface area contributed by atoms with E-state index in [4.69, 9.17) is 9.15 Å². The number of methoxy groups -OCH3 is 1. The van der Waals surface area contributed by atoms with Crippen molar-refractivity contribution in [2.45, 2.75) is 18.9 Å². The van der Waals surface area contributed by atoms with Gasteiger partial charge in [0.15, 0.2) is 17.1 Å². The van der Waals surface area contributed by atoms with Crippen molar-refractivity contribution in [3.05, 3.63) is 64.8 Å². The Morgan fingerprint density at radius 1 is 1.20 bits per heavy atom. The third kappa shape index (κ3) is 2.53. The van der Waals surface area contributed by atoms with Gasteiger partial charge in [-0.3, -0.25) is 14.4 Å². The maximum Gasteiger partial charge on any atom is 0.290 e. The number of ketones is 1. The normalized spacial score (nSPS) is 20.6. The second-order valence-electron chi connectivity index (χ2n) is 7.36. The third-order valence-electron chi connectivity index (χ3n) is 5.64. The second-order valence-corrected chi connectivity index (χ2v) is 7.36. The van der Waals surface area contributed by atoms with Gasteiger partial charge in [-0.25, -0.2) is 0 Å². The Hall–Kier alpha value is -3.39. The molecule has 0 bridgehead atoms. The van der Waals surface area contributed by atoms with E-state index >= 15 is 0 Å². The van der Waals surface area contributed by atoms with Crippen LogP contribution in [0.25, 0.3) is 0 Å². The van der Waals surface area contributed by atoms with Crippen molar-refractivity contribution in [2.75, 3.05) is 32.2 Å². The van der Waals surface area contributed by atoms with Gasteiger partial charge in [0.05, 0.1) is 5.57 Å². The molecule has 30 heavy (non-hydrogen) atoms. The Labute approximate surface area is 173 Å². The molecule has 1 aromatic heterocycles. The number of Topliss-reactive ketones (excluding diaryl/α,β-unsaturated/α-hetero) is 1. The molecule has 0 saturated heterocycles. The van der Waals surface area contributed by atoms with Crippen molar-refractivity contribution in [1.82, 2.24) is 4.90 Å². The molecule has 1 atom stereocenters. The van der Waals surface area contributed by atoms with Gasteiger partial charge >= 0.3 is 0 Å². The van der Waals surface area contributed by atoms with Crippen LogP contribution in [0.1, 0.15) is 28.3 Å². The molecule has 0 saturated carbocycles. The number of likely N-dealkylation sites (N-methyl/N-ethyl adjacent to an activating group) is 1. The number of aliphatic hydroxyl groups is 1. The van der Waals surface area contributed by atoms with Crippen LogP contribution in [0.2, 0.25) is 0 Å². The van der Waals surface area contributed by atoms with Gasteiger partial charge in [0.1, 0.15) is 5.76 Å². The summed E-state index contributed by atoms with van der Waals surface area (Å²) in [5.74, 6) is -2.21. The van der Waals surface area contributed by atoms with Crippen LogP contribution in [0.4, 0.5) is 5.69 Å². The number of benzene rings is 1. The number of nitrogens with zero attached hydrogens (tertiary/aromatic N) is 2. The van der Waals surface area contributed by atoms with Gasteiger partial charge in [-0.2, -0.15) is 0 Å². The Balaban J connectivity index is 1.95. The summed E-state index contributed by atoms with van der Waals surface area (Å²) in [6.07, 6.45) is 0.428. The van der Waals surface area contributed by atoms with Crippen molar-refractivity contribution in [1.29, 1.82) is 0 Å². The number of carbonyl (C=O) groups excluding carboxylic acids is 3. The number of aryl methyl sites for hydroxylation is 1. The van der Waals surface area contributed by atoms with E-state index in [0.717, 1.165) is 0 Å². The summed E-state index contributed by atoms with van der Waals surface area (Å²) in [7, 11) is 3.12. The average molecular weight is 410 g/mol. The maximum absolute atomic E-state index is 13.6. The molecule has 156 valence electrons. The molecule has 0 radical (unpaired) electrons. The topological polar surface area (TPSA) is 100 Å². The first-order valence-electron chi connectivity index (χ1n) is 9.59. The molecular formula is C22H22N2O6. The van der Waals surface area contributed by atoms with Crippen LogP contribution in [0.15, 0.2) is 52.1 Å². The minimum absolute atomic E-state index is 0.0419. The zero-order chi connectivity index (χ0) is 21.6. The summed E-state index contributed by atoms with van der Waals surface area (Å²) in [4.78, 5) is 42.9. The van der Waals surface area contributed by atoms with Crippen molar-refractivity contribution in [3.63, 3.8) is 0 Å². The molecule has 8 heteroatoms. The lowest BCUT2D eigenvalue weighted by molar-refractivity contribution is -0.139. The van der Waals surface area contributed by atoms with Crippen LogP contribution in [0.3, 0.4) is 0 Å². The quantitative estimate of drug-likeness (QED) is 0.580. The summed E-state index contributed by atoms with van der Waals surface area (Å²) in [6.45, 7) is 2.16. The molecule has 8 nitrogen and oxygen atoms in total. The van der Waals surface area contributed by atoms with Crippen LogP contribution < -0.4 is 4.90 Å². The van der Waals surface area contributed by atoms with Crippen LogP contribution >= 0.6 is 0 Å². The molecule has 0 fully saturated rings. The van der Waals surface area contributed by atoms with Gasteiger partial charge in [-0.1, -0.05) is 18.2 Å². The number of fused-ring (bicyclic) bond motifs is 2. The molecule has 1 spiro atoms. The lowest BCUT2D eigenvalue weighted by Crippen LogP contribution is -2.53. The van der Waals surface area contributed by atoms with E-state index in [1.807, 2.05) is 0 Å². The Bertz CT molecular complexity index is 1080. The summed E-state index contributed by atoms with van der Waals surface area (Å²) < 4.78 is 10.5. The maximum atomic E-state index is 13.6. The summed E-state index contributed by atoms with van der Waals surface area (Å²) in [5.41, 5.74) is -0.986. The summed E-state index contributed by atoms with van der Waals surface area (Å²) in [5, 5.41) is 10.8. The zero-order valence-corrected chi connectivity index (χ0v) is 17.0. The van der Waals surface area contributed by atoms with Gasteiger partial charge in [0, 0.05) is 38.6 Å². The number of anilines is 1. The number of para-hydroxylation sites is 1. The van der Waals surface area contributed by atoms with Crippen LogP contribution in [0, 0.1) is 6.92 Å². The van der Waals surface area contributed by atoms with Gasteiger partial charge in [-0.05, 0) is 31.5 Å². The zero-order valence-electron chi connectivity index (χ0n) is 17.0.